The van der Waals surface area contributed by atoms with Gasteiger partial charge in [-0.05, 0) is 6.42 Å². The lowest BCUT2D eigenvalue weighted by atomic mass is 10.2. The highest BCUT2D eigenvalue weighted by molar-refractivity contribution is 7.80. The third-order valence-corrected chi connectivity index (χ3v) is 1.37. The minimum atomic E-state index is 0.407. The Morgan fingerprint density at radius 3 is 2.57 bits per heavy atom. The molecule has 0 nitrogen and oxygen atoms in total. The van der Waals surface area contributed by atoms with Gasteiger partial charge in [-0.15, -0.1) is 12.3 Å². The Morgan fingerprint density at radius 2 is 2.43 bits per heavy atom. The van der Waals surface area contributed by atoms with E-state index in [1.165, 1.54) is 0 Å². The van der Waals surface area contributed by atoms with Gasteiger partial charge in [0, 0.05) is 11.7 Å². The van der Waals surface area contributed by atoms with Gasteiger partial charge in [-0.2, -0.15) is 12.6 Å². The first kappa shape index (κ1) is 6.91. The van der Waals surface area contributed by atoms with E-state index >= 15 is 0 Å². The summed E-state index contributed by atoms with van der Waals surface area (Å²) in [7, 11) is 0. The highest BCUT2D eigenvalue weighted by Crippen LogP contribution is 2.02. The van der Waals surface area contributed by atoms with E-state index in [-0.39, 0.29) is 0 Å². The topological polar surface area (TPSA) is 0 Å². The van der Waals surface area contributed by atoms with Crippen molar-refractivity contribution in [2.45, 2.75) is 25.0 Å². The summed E-state index contributed by atoms with van der Waals surface area (Å²) in [5.74, 6) is 2.54. The zero-order valence-electron chi connectivity index (χ0n) is 4.52. The number of thiol groups is 1. The predicted octanol–water partition coefficient (Wildman–Crippen LogP) is 1.72. The molecule has 0 aromatic carbocycles. The molecule has 1 atom stereocenters. The van der Waals surface area contributed by atoms with E-state index in [0.29, 0.717) is 5.25 Å². The highest BCUT2D eigenvalue weighted by Gasteiger charge is 1.92. The minimum Gasteiger partial charge on any atom is -0.175 e. The Morgan fingerprint density at radius 1 is 1.86 bits per heavy atom. The Kier molecular flexibility index (Phi) is 4.03. The van der Waals surface area contributed by atoms with Crippen molar-refractivity contribution in [3.8, 4) is 12.3 Å². The fraction of sp³-hybridized carbons (Fsp3) is 0.667. The first-order valence-corrected chi connectivity index (χ1v) is 2.94. The summed E-state index contributed by atoms with van der Waals surface area (Å²) in [4.78, 5) is 0. The van der Waals surface area contributed by atoms with Gasteiger partial charge < -0.3 is 0 Å². The zero-order chi connectivity index (χ0) is 5.70. The van der Waals surface area contributed by atoms with Gasteiger partial charge in [-0.3, -0.25) is 0 Å². The van der Waals surface area contributed by atoms with Crippen molar-refractivity contribution in [2.75, 3.05) is 0 Å². The van der Waals surface area contributed by atoms with E-state index in [4.69, 9.17) is 6.42 Å². The Bertz CT molecular complexity index is 70.7. The van der Waals surface area contributed by atoms with Gasteiger partial charge in [-0.1, -0.05) is 6.92 Å². The van der Waals surface area contributed by atoms with Crippen molar-refractivity contribution in [2.24, 2.45) is 0 Å². The standard InChI is InChI=1S/C6H10S/c1-3-5-6(7)4-2/h1,6-7H,4-5H2,2H3. The summed E-state index contributed by atoms with van der Waals surface area (Å²) in [6.45, 7) is 2.08. The van der Waals surface area contributed by atoms with Crippen molar-refractivity contribution < 1.29 is 0 Å². The van der Waals surface area contributed by atoms with Crippen LogP contribution >= 0.6 is 12.6 Å². The predicted molar refractivity (Wildman–Crippen MR) is 36.5 cm³/mol. The smallest absolute Gasteiger partial charge is 0.0203 e. The monoisotopic (exact) mass is 114 g/mol. The van der Waals surface area contributed by atoms with Crippen LogP contribution in [0.15, 0.2) is 0 Å². The molecule has 0 radical (unpaired) electrons. The lowest BCUT2D eigenvalue weighted by Crippen LogP contribution is -1.91. The van der Waals surface area contributed by atoms with Crippen LogP contribution in [0.5, 0.6) is 0 Å². The molecule has 0 rings (SSSR count). The molecule has 0 aromatic rings. The molecule has 0 saturated heterocycles. The largest absolute Gasteiger partial charge is 0.175 e. The molecule has 0 aliphatic heterocycles. The van der Waals surface area contributed by atoms with E-state index in [1.54, 1.807) is 0 Å². The number of hydrogen-bond donors (Lipinski definition) is 1. The van der Waals surface area contributed by atoms with Crippen LogP contribution in [0.1, 0.15) is 19.8 Å². The molecule has 0 N–H and O–H groups in total. The molecule has 0 spiro atoms. The van der Waals surface area contributed by atoms with Crippen LogP contribution in [-0.4, -0.2) is 5.25 Å². The van der Waals surface area contributed by atoms with Crippen LogP contribution in [0.2, 0.25) is 0 Å². The SMILES string of the molecule is C#CCC(S)CC. The van der Waals surface area contributed by atoms with Gasteiger partial charge in [0.25, 0.3) is 0 Å². The first-order chi connectivity index (χ1) is 3.31. The molecule has 1 unspecified atom stereocenters. The number of hydrogen-bond acceptors (Lipinski definition) is 1. The summed E-state index contributed by atoms with van der Waals surface area (Å²) >= 11 is 4.17. The minimum absolute atomic E-state index is 0.407. The molecule has 40 valence electrons. The molecule has 0 aromatic heterocycles. The molecule has 0 aliphatic carbocycles. The molecular weight excluding hydrogens is 104 g/mol. The van der Waals surface area contributed by atoms with E-state index in [9.17, 15) is 0 Å². The van der Waals surface area contributed by atoms with Crippen LogP contribution in [0.3, 0.4) is 0 Å². The third-order valence-electron chi connectivity index (χ3n) is 0.825. The van der Waals surface area contributed by atoms with E-state index in [2.05, 4.69) is 25.5 Å². The van der Waals surface area contributed by atoms with E-state index in [1.807, 2.05) is 0 Å². The van der Waals surface area contributed by atoms with Gasteiger partial charge >= 0.3 is 0 Å². The van der Waals surface area contributed by atoms with Crippen molar-refractivity contribution in [3.05, 3.63) is 0 Å². The van der Waals surface area contributed by atoms with Gasteiger partial charge in [0.1, 0.15) is 0 Å². The Hall–Kier alpha value is -0.0900. The molecule has 0 heterocycles. The molecule has 1 heteroatoms. The van der Waals surface area contributed by atoms with Gasteiger partial charge in [0.2, 0.25) is 0 Å². The number of terminal acetylenes is 1. The third kappa shape index (κ3) is 3.75. The van der Waals surface area contributed by atoms with E-state index < -0.39 is 0 Å². The van der Waals surface area contributed by atoms with Crippen LogP contribution in [-0.2, 0) is 0 Å². The molecule has 0 fully saturated rings. The Labute approximate surface area is 50.7 Å². The second kappa shape index (κ2) is 4.08. The van der Waals surface area contributed by atoms with Crippen LogP contribution in [0, 0.1) is 12.3 Å². The van der Waals surface area contributed by atoms with Crippen molar-refractivity contribution in [1.82, 2.24) is 0 Å². The fourth-order valence-electron chi connectivity index (χ4n) is 0.280. The molecule has 7 heavy (non-hydrogen) atoms. The van der Waals surface area contributed by atoms with E-state index in [0.717, 1.165) is 12.8 Å². The summed E-state index contributed by atoms with van der Waals surface area (Å²) in [6.07, 6.45) is 6.86. The maximum absolute atomic E-state index is 5.01. The van der Waals surface area contributed by atoms with Crippen molar-refractivity contribution in [1.29, 1.82) is 0 Å². The van der Waals surface area contributed by atoms with Crippen LogP contribution < -0.4 is 0 Å². The zero-order valence-corrected chi connectivity index (χ0v) is 5.41. The quantitative estimate of drug-likeness (QED) is 0.410. The molecular formula is C6H10S. The van der Waals surface area contributed by atoms with Gasteiger partial charge in [0.05, 0.1) is 0 Å². The molecule has 0 amide bonds. The highest BCUT2D eigenvalue weighted by atomic mass is 32.1. The summed E-state index contributed by atoms with van der Waals surface area (Å²) in [5.41, 5.74) is 0. The lowest BCUT2D eigenvalue weighted by Gasteiger charge is -1.97. The second-order valence-corrected chi connectivity index (χ2v) is 2.20. The van der Waals surface area contributed by atoms with Crippen LogP contribution in [0.4, 0.5) is 0 Å². The van der Waals surface area contributed by atoms with Crippen molar-refractivity contribution in [3.63, 3.8) is 0 Å². The fourth-order valence-corrected chi connectivity index (χ4v) is 0.386. The average molecular weight is 114 g/mol. The lowest BCUT2D eigenvalue weighted by molar-refractivity contribution is 0.856. The maximum Gasteiger partial charge on any atom is 0.0203 e. The normalized spacial score (nSPS) is 12.7. The van der Waals surface area contributed by atoms with Gasteiger partial charge in [-0.25, -0.2) is 0 Å². The maximum atomic E-state index is 5.01. The number of rotatable bonds is 2. The first-order valence-electron chi connectivity index (χ1n) is 2.42. The average Bonchev–Trinajstić information content (AvgIpc) is 1.68. The Balaban J connectivity index is 3.03. The molecule has 0 saturated carbocycles. The van der Waals surface area contributed by atoms with Crippen LogP contribution in [0.25, 0.3) is 0 Å². The summed E-state index contributed by atoms with van der Waals surface area (Å²) < 4.78 is 0. The van der Waals surface area contributed by atoms with Crippen molar-refractivity contribution >= 4 is 12.6 Å². The van der Waals surface area contributed by atoms with Gasteiger partial charge in [0.15, 0.2) is 0 Å². The second-order valence-electron chi connectivity index (χ2n) is 1.47. The molecule has 0 aliphatic rings. The molecule has 0 bridgehead atoms. The summed E-state index contributed by atoms with van der Waals surface area (Å²) in [6, 6.07) is 0. The summed E-state index contributed by atoms with van der Waals surface area (Å²) in [5, 5.41) is 0.407.